The van der Waals surface area contributed by atoms with Crippen LogP contribution in [-0.4, -0.2) is 54.6 Å². The van der Waals surface area contributed by atoms with Gasteiger partial charge in [0.2, 0.25) is 15.9 Å². The summed E-state index contributed by atoms with van der Waals surface area (Å²) in [5, 5.41) is 5.47. The molecule has 1 N–H and O–H groups in total. The van der Waals surface area contributed by atoms with Crippen molar-refractivity contribution in [2.24, 2.45) is 0 Å². The summed E-state index contributed by atoms with van der Waals surface area (Å²) in [5.41, 5.74) is 1.18. The first-order chi connectivity index (χ1) is 15.5. The zero-order chi connectivity index (χ0) is 22.6. The fourth-order valence-corrected chi connectivity index (χ4v) is 6.86. The van der Waals surface area contributed by atoms with E-state index in [1.165, 1.54) is 53.0 Å². The van der Waals surface area contributed by atoms with Gasteiger partial charge in [0, 0.05) is 13.1 Å². The largest absolute Gasteiger partial charge is 0.495 e. The highest BCUT2D eigenvalue weighted by molar-refractivity contribution is 8.00. The standard InChI is InChI=1S/C21H24N4O4S3/c1-29-18-7-6-15(32(27,28)25-9-4-2-3-5-10-25)12-17(18)24-19(26)13-31-21-20-16(8-11-30-20)22-14-23-21/h6-8,11-12,14H,2-5,9-10,13H2,1H3,(H,24,26). The van der Waals surface area contributed by atoms with Gasteiger partial charge in [-0.2, -0.15) is 4.31 Å². The van der Waals surface area contributed by atoms with Gasteiger partial charge in [0.25, 0.3) is 0 Å². The molecule has 0 radical (unpaired) electrons. The van der Waals surface area contributed by atoms with Crippen molar-refractivity contribution in [2.45, 2.75) is 35.6 Å². The molecular formula is C21H24N4O4S3. The number of ether oxygens (including phenoxy) is 1. The summed E-state index contributed by atoms with van der Waals surface area (Å²) in [6, 6.07) is 6.49. The maximum Gasteiger partial charge on any atom is 0.243 e. The number of amides is 1. The number of methoxy groups -OCH3 is 1. The molecule has 170 valence electrons. The van der Waals surface area contributed by atoms with Gasteiger partial charge in [0.15, 0.2) is 0 Å². The fourth-order valence-electron chi connectivity index (χ4n) is 3.57. The van der Waals surface area contributed by atoms with Crippen molar-refractivity contribution in [3.63, 3.8) is 0 Å². The van der Waals surface area contributed by atoms with Gasteiger partial charge in [-0.1, -0.05) is 24.6 Å². The molecule has 0 unspecified atom stereocenters. The molecule has 32 heavy (non-hydrogen) atoms. The topological polar surface area (TPSA) is 101 Å². The monoisotopic (exact) mass is 492 g/mol. The van der Waals surface area contributed by atoms with E-state index in [0.717, 1.165) is 40.9 Å². The van der Waals surface area contributed by atoms with E-state index in [1.54, 1.807) is 6.07 Å². The number of fused-ring (bicyclic) bond motifs is 1. The highest BCUT2D eigenvalue weighted by atomic mass is 32.2. The maximum atomic E-state index is 13.1. The first-order valence-corrected chi connectivity index (χ1v) is 13.6. The SMILES string of the molecule is COc1ccc(S(=O)(=O)N2CCCCCC2)cc1NC(=O)CSc1ncnc2ccsc12. The Kier molecular flexibility index (Phi) is 7.29. The van der Waals surface area contributed by atoms with E-state index in [1.807, 2.05) is 11.4 Å². The van der Waals surface area contributed by atoms with Crippen molar-refractivity contribution in [2.75, 3.05) is 31.3 Å². The second-order valence-electron chi connectivity index (χ2n) is 7.33. The minimum Gasteiger partial charge on any atom is -0.495 e. The average Bonchev–Trinajstić information content (AvgIpc) is 3.10. The molecule has 0 spiro atoms. The Morgan fingerprint density at radius 1 is 1.19 bits per heavy atom. The van der Waals surface area contributed by atoms with E-state index in [4.69, 9.17) is 4.74 Å². The number of hydrogen-bond acceptors (Lipinski definition) is 8. The molecule has 2 aromatic heterocycles. The van der Waals surface area contributed by atoms with Crippen LogP contribution >= 0.6 is 23.1 Å². The molecule has 1 aliphatic rings. The van der Waals surface area contributed by atoms with Crippen molar-refractivity contribution in [1.29, 1.82) is 0 Å². The molecule has 1 fully saturated rings. The molecule has 0 atom stereocenters. The third-order valence-corrected chi connectivity index (χ3v) is 9.12. The summed E-state index contributed by atoms with van der Waals surface area (Å²) < 4.78 is 34.1. The smallest absolute Gasteiger partial charge is 0.243 e. The average molecular weight is 493 g/mol. The molecule has 1 aromatic carbocycles. The summed E-state index contributed by atoms with van der Waals surface area (Å²) in [5.74, 6) is 0.248. The molecule has 3 heterocycles. The molecule has 1 saturated heterocycles. The summed E-state index contributed by atoms with van der Waals surface area (Å²) in [7, 11) is -2.15. The Morgan fingerprint density at radius 3 is 2.72 bits per heavy atom. The normalized spacial score (nSPS) is 15.4. The minimum atomic E-state index is -3.64. The molecule has 1 amide bonds. The van der Waals surface area contributed by atoms with Crippen LogP contribution in [0, 0.1) is 0 Å². The minimum absolute atomic E-state index is 0.121. The van der Waals surface area contributed by atoms with Crippen molar-refractivity contribution >= 4 is 54.9 Å². The number of carbonyl (C=O) groups is 1. The van der Waals surface area contributed by atoms with Crippen LogP contribution in [0.15, 0.2) is 45.9 Å². The number of benzene rings is 1. The lowest BCUT2D eigenvalue weighted by molar-refractivity contribution is -0.113. The van der Waals surface area contributed by atoms with Gasteiger partial charge in [-0.3, -0.25) is 4.79 Å². The third kappa shape index (κ3) is 5.06. The zero-order valence-electron chi connectivity index (χ0n) is 17.6. The summed E-state index contributed by atoms with van der Waals surface area (Å²) >= 11 is 2.84. The molecule has 1 aliphatic heterocycles. The summed E-state index contributed by atoms with van der Waals surface area (Å²) in [4.78, 5) is 21.3. The molecular weight excluding hydrogens is 468 g/mol. The first kappa shape index (κ1) is 23.0. The molecule has 8 nitrogen and oxygen atoms in total. The Morgan fingerprint density at radius 2 is 1.97 bits per heavy atom. The number of nitrogens with zero attached hydrogens (tertiary/aromatic N) is 3. The second kappa shape index (κ2) is 10.2. The van der Waals surface area contributed by atoms with Gasteiger partial charge in [-0.25, -0.2) is 18.4 Å². The van der Waals surface area contributed by atoms with Gasteiger partial charge >= 0.3 is 0 Å². The zero-order valence-corrected chi connectivity index (χ0v) is 20.1. The molecule has 0 aliphatic carbocycles. The second-order valence-corrected chi connectivity index (χ2v) is 11.1. The Labute approximate surface area is 195 Å². The summed E-state index contributed by atoms with van der Waals surface area (Å²) in [6.07, 6.45) is 5.28. The van der Waals surface area contributed by atoms with Crippen LogP contribution in [0.25, 0.3) is 10.2 Å². The van der Waals surface area contributed by atoms with Crippen LogP contribution in [0.5, 0.6) is 5.75 Å². The van der Waals surface area contributed by atoms with Crippen LogP contribution in [0.2, 0.25) is 0 Å². The first-order valence-electron chi connectivity index (χ1n) is 10.3. The highest BCUT2D eigenvalue weighted by Crippen LogP contribution is 2.31. The van der Waals surface area contributed by atoms with E-state index >= 15 is 0 Å². The van der Waals surface area contributed by atoms with Crippen LogP contribution in [0.4, 0.5) is 5.69 Å². The molecule has 0 bridgehead atoms. The molecule has 0 saturated carbocycles. The van der Waals surface area contributed by atoms with E-state index in [0.29, 0.717) is 24.5 Å². The quantitative estimate of drug-likeness (QED) is 0.393. The molecule has 4 rings (SSSR count). The number of carbonyl (C=O) groups excluding carboxylic acids is 1. The van der Waals surface area contributed by atoms with E-state index in [2.05, 4.69) is 15.3 Å². The predicted molar refractivity (Wildman–Crippen MR) is 127 cm³/mol. The predicted octanol–water partition coefficient (Wildman–Crippen LogP) is 4.00. The van der Waals surface area contributed by atoms with Crippen molar-refractivity contribution in [3.05, 3.63) is 36.0 Å². The number of anilines is 1. The number of rotatable bonds is 7. The Hall–Kier alpha value is -2.21. The van der Waals surface area contributed by atoms with Crippen LogP contribution < -0.4 is 10.1 Å². The fraction of sp³-hybridized carbons (Fsp3) is 0.381. The number of thioether (sulfide) groups is 1. The van der Waals surface area contributed by atoms with Gasteiger partial charge in [0.1, 0.15) is 17.1 Å². The third-order valence-electron chi connectivity index (χ3n) is 5.20. The molecule has 3 aromatic rings. The number of sulfonamides is 1. The van der Waals surface area contributed by atoms with Gasteiger partial charge in [0.05, 0.1) is 33.7 Å². The molecule has 11 heteroatoms. The summed E-state index contributed by atoms with van der Waals surface area (Å²) in [6.45, 7) is 1.03. The van der Waals surface area contributed by atoms with Crippen molar-refractivity contribution in [1.82, 2.24) is 14.3 Å². The van der Waals surface area contributed by atoms with E-state index in [-0.39, 0.29) is 16.6 Å². The lowest BCUT2D eigenvalue weighted by Gasteiger charge is -2.21. The van der Waals surface area contributed by atoms with E-state index in [9.17, 15) is 13.2 Å². The van der Waals surface area contributed by atoms with Gasteiger partial charge in [-0.15, -0.1) is 11.3 Å². The van der Waals surface area contributed by atoms with Crippen LogP contribution in [-0.2, 0) is 14.8 Å². The maximum absolute atomic E-state index is 13.1. The Bertz CT molecular complexity index is 1200. The highest BCUT2D eigenvalue weighted by Gasteiger charge is 2.26. The van der Waals surface area contributed by atoms with Crippen LogP contribution in [0.1, 0.15) is 25.7 Å². The number of aromatic nitrogens is 2. The van der Waals surface area contributed by atoms with Crippen molar-refractivity contribution < 1.29 is 17.9 Å². The van der Waals surface area contributed by atoms with Crippen LogP contribution in [0.3, 0.4) is 0 Å². The lowest BCUT2D eigenvalue weighted by Crippen LogP contribution is -2.32. The van der Waals surface area contributed by atoms with Crippen molar-refractivity contribution in [3.8, 4) is 5.75 Å². The van der Waals surface area contributed by atoms with E-state index < -0.39 is 10.0 Å². The lowest BCUT2D eigenvalue weighted by atomic mass is 10.2. The number of thiophene rings is 1. The number of hydrogen-bond donors (Lipinski definition) is 1. The van der Waals surface area contributed by atoms with Gasteiger partial charge < -0.3 is 10.1 Å². The number of nitrogens with one attached hydrogen (secondary N) is 1. The van der Waals surface area contributed by atoms with Gasteiger partial charge in [-0.05, 0) is 42.5 Å². The Balaban J connectivity index is 1.50.